The Kier molecular flexibility index (Phi) is 5.30. The number of carbonyl (C=O) groups excluding carboxylic acids is 6. The Bertz CT molecular complexity index is 1090. The van der Waals surface area contributed by atoms with Crippen molar-refractivity contribution in [2.24, 2.45) is 0 Å². The first-order valence-electron chi connectivity index (χ1n) is 9.38. The number of ketones is 1. The second kappa shape index (κ2) is 8.23. The molecule has 2 aromatic carbocycles. The second-order valence-electron chi connectivity index (χ2n) is 6.78. The SMILES string of the molecule is O=C(COC(=O)c1ccc(N2C(=O)C=CC2=O)cc1)c1ccc(N2C(=O)C=CC2=O)cc1. The Morgan fingerprint density at radius 1 is 0.594 bits per heavy atom. The molecule has 158 valence electrons. The number of ether oxygens (including phenoxy) is 1. The number of hydrogen-bond donors (Lipinski definition) is 0. The zero-order valence-electron chi connectivity index (χ0n) is 16.4. The van der Waals surface area contributed by atoms with E-state index in [1.165, 1.54) is 48.5 Å². The number of imide groups is 2. The minimum Gasteiger partial charge on any atom is -0.454 e. The molecule has 0 saturated carbocycles. The first-order valence-corrected chi connectivity index (χ1v) is 9.38. The molecule has 4 amide bonds. The largest absolute Gasteiger partial charge is 0.454 e. The number of anilines is 2. The van der Waals surface area contributed by atoms with E-state index in [2.05, 4.69) is 0 Å². The molecule has 0 aliphatic carbocycles. The number of Topliss-reactive ketones (excluding diaryl/α,β-unsaturated/α-hetero) is 1. The van der Waals surface area contributed by atoms with Crippen LogP contribution >= 0.6 is 0 Å². The van der Waals surface area contributed by atoms with Gasteiger partial charge in [0.1, 0.15) is 0 Å². The van der Waals surface area contributed by atoms with E-state index in [0.717, 1.165) is 34.1 Å². The van der Waals surface area contributed by atoms with Crippen molar-refractivity contribution in [3.05, 3.63) is 84.0 Å². The molecule has 32 heavy (non-hydrogen) atoms. The molecule has 9 nitrogen and oxygen atoms in total. The summed E-state index contributed by atoms with van der Waals surface area (Å²) in [6.07, 6.45) is 4.62. The van der Waals surface area contributed by atoms with Crippen LogP contribution in [0.5, 0.6) is 0 Å². The van der Waals surface area contributed by atoms with E-state index in [1.54, 1.807) is 0 Å². The molecule has 0 radical (unpaired) electrons. The van der Waals surface area contributed by atoms with E-state index in [0.29, 0.717) is 11.4 Å². The Hall–Kier alpha value is -4.66. The third-order valence-electron chi connectivity index (χ3n) is 4.76. The van der Waals surface area contributed by atoms with E-state index in [1.807, 2.05) is 0 Å². The standard InChI is InChI=1S/C23H14N2O7/c26-18(14-1-5-16(6-2-14)24-19(27)9-10-20(24)28)13-32-23(31)15-3-7-17(8-4-15)25-21(29)11-12-22(25)30/h1-12H,13H2. The van der Waals surface area contributed by atoms with E-state index >= 15 is 0 Å². The first kappa shape index (κ1) is 20.6. The van der Waals surface area contributed by atoms with Crippen LogP contribution in [0.15, 0.2) is 72.8 Å². The van der Waals surface area contributed by atoms with E-state index in [4.69, 9.17) is 4.74 Å². The monoisotopic (exact) mass is 430 g/mol. The van der Waals surface area contributed by atoms with Gasteiger partial charge in [-0.15, -0.1) is 0 Å². The quantitative estimate of drug-likeness (QED) is 0.388. The lowest BCUT2D eigenvalue weighted by atomic mass is 10.1. The maximum Gasteiger partial charge on any atom is 0.338 e. The summed E-state index contributed by atoms with van der Waals surface area (Å²) < 4.78 is 5.04. The summed E-state index contributed by atoms with van der Waals surface area (Å²) >= 11 is 0. The zero-order chi connectivity index (χ0) is 22.8. The van der Waals surface area contributed by atoms with Crippen molar-refractivity contribution in [2.75, 3.05) is 16.4 Å². The van der Waals surface area contributed by atoms with Crippen molar-refractivity contribution in [1.82, 2.24) is 0 Å². The van der Waals surface area contributed by atoms with Gasteiger partial charge in [-0.05, 0) is 48.5 Å². The molecular weight excluding hydrogens is 416 g/mol. The smallest absolute Gasteiger partial charge is 0.338 e. The van der Waals surface area contributed by atoms with Crippen LogP contribution in [-0.2, 0) is 23.9 Å². The fourth-order valence-electron chi connectivity index (χ4n) is 3.15. The first-order chi connectivity index (χ1) is 15.3. The van der Waals surface area contributed by atoms with Gasteiger partial charge in [-0.2, -0.15) is 0 Å². The normalized spacial score (nSPS) is 15.1. The van der Waals surface area contributed by atoms with Crippen molar-refractivity contribution in [3.63, 3.8) is 0 Å². The molecule has 0 N–H and O–H groups in total. The number of rotatable bonds is 6. The Labute approximate surface area is 181 Å². The molecule has 2 heterocycles. The van der Waals surface area contributed by atoms with Gasteiger partial charge in [0.2, 0.25) is 0 Å². The van der Waals surface area contributed by atoms with Gasteiger partial charge in [0.05, 0.1) is 16.9 Å². The number of amides is 4. The molecule has 2 aromatic rings. The van der Waals surface area contributed by atoms with Crippen molar-refractivity contribution in [2.45, 2.75) is 0 Å². The molecular formula is C23H14N2O7. The van der Waals surface area contributed by atoms with Crippen molar-refractivity contribution < 1.29 is 33.5 Å². The predicted octanol–water partition coefficient (Wildman–Crippen LogP) is 1.59. The Balaban J connectivity index is 1.35. The van der Waals surface area contributed by atoms with Gasteiger partial charge in [0.15, 0.2) is 12.4 Å². The minimum absolute atomic E-state index is 0.141. The van der Waals surface area contributed by atoms with E-state index in [9.17, 15) is 28.8 Å². The number of benzene rings is 2. The van der Waals surface area contributed by atoms with Gasteiger partial charge >= 0.3 is 5.97 Å². The maximum absolute atomic E-state index is 12.3. The lowest BCUT2D eigenvalue weighted by molar-refractivity contribution is -0.121. The van der Waals surface area contributed by atoms with Gasteiger partial charge in [-0.1, -0.05) is 0 Å². The second-order valence-corrected chi connectivity index (χ2v) is 6.78. The molecule has 0 spiro atoms. The van der Waals surface area contributed by atoms with Crippen LogP contribution in [-0.4, -0.2) is 42.0 Å². The molecule has 0 fully saturated rings. The molecule has 2 aliphatic rings. The number of carbonyl (C=O) groups is 6. The number of hydrogen-bond acceptors (Lipinski definition) is 7. The van der Waals surface area contributed by atoms with Crippen LogP contribution in [0.3, 0.4) is 0 Å². The van der Waals surface area contributed by atoms with Crippen molar-refractivity contribution in [1.29, 1.82) is 0 Å². The summed E-state index contributed by atoms with van der Waals surface area (Å²) in [5.74, 6) is -3.11. The van der Waals surface area contributed by atoms with Gasteiger partial charge in [0.25, 0.3) is 23.6 Å². The average molecular weight is 430 g/mol. The van der Waals surface area contributed by atoms with Gasteiger partial charge in [-0.25, -0.2) is 14.6 Å². The minimum atomic E-state index is -0.752. The topological polar surface area (TPSA) is 118 Å². The summed E-state index contributed by atoms with van der Waals surface area (Å²) in [5, 5.41) is 0. The Morgan fingerprint density at radius 3 is 1.38 bits per heavy atom. The molecule has 4 rings (SSSR count). The van der Waals surface area contributed by atoms with E-state index in [-0.39, 0.29) is 11.1 Å². The summed E-state index contributed by atoms with van der Waals surface area (Å²) in [7, 11) is 0. The summed E-state index contributed by atoms with van der Waals surface area (Å²) in [4.78, 5) is 73.3. The molecule has 0 bridgehead atoms. The highest BCUT2D eigenvalue weighted by atomic mass is 16.5. The predicted molar refractivity (Wildman–Crippen MR) is 111 cm³/mol. The van der Waals surface area contributed by atoms with Crippen LogP contribution < -0.4 is 9.80 Å². The fraction of sp³-hybridized carbons (Fsp3) is 0.0435. The fourth-order valence-corrected chi connectivity index (χ4v) is 3.15. The lowest BCUT2D eigenvalue weighted by Gasteiger charge is -2.14. The highest BCUT2D eigenvalue weighted by molar-refractivity contribution is 6.28. The van der Waals surface area contributed by atoms with E-state index < -0.39 is 42.0 Å². The van der Waals surface area contributed by atoms with Crippen LogP contribution in [0.1, 0.15) is 20.7 Å². The van der Waals surface area contributed by atoms with Gasteiger partial charge < -0.3 is 4.74 Å². The van der Waals surface area contributed by atoms with Gasteiger partial charge in [0, 0.05) is 29.9 Å². The highest BCUT2D eigenvalue weighted by Gasteiger charge is 2.26. The number of nitrogens with zero attached hydrogens (tertiary/aromatic N) is 2. The van der Waals surface area contributed by atoms with Crippen molar-refractivity contribution in [3.8, 4) is 0 Å². The third-order valence-corrected chi connectivity index (χ3v) is 4.76. The average Bonchev–Trinajstić information content (AvgIpc) is 3.32. The molecule has 9 heteroatoms. The summed E-state index contributed by atoms with van der Waals surface area (Å²) in [5.41, 5.74) is 1.01. The van der Waals surface area contributed by atoms with Crippen LogP contribution in [0, 0.1) is 0 Å². The lowest BCUT2D eigenvalue weighted by Crippen LogP contribution is -2.29. The zero-order valence-corrected chi connectivity index (χ0v) is 16.4. The molecule has 2 aliphatic heterocycles. The van der Waals surface area contributed by atoms with Gasteiger partial charge in [-0.3, -0.25) is 24.0 Å². The summed E-state index contributed by atoms with van der Waals surface area (Å²) in [6.45, 7) is -0.518. The van der Waals surface area contributed by atoms with Crippen molar-refractivity contribution >= 4 is 46.8 Å². The maximum atomic E-state index is 12.3. The van der Waals surface area contributed by atoms with Crippen LogP contribution in [0.2, 0.25) is 0 Å². The third kappa shape index (κ3) is 3.86. The number of esters is 1. The molecule has 0 aromatic heterocycles. The highest BCUT2D eigenvalue weighted by Crippen LogP contribution is 2.21. The molecule has 0 saturated heterocycles. The van der Waals surface area contributed by atoms with Crippen LogP contribution in [0.4, 0.5) is 11.4 Å². The summed E-state index contributed by atoms with van der Waals surface area (Å²) in [6, 6.07) is 11.4. The van der Waals surface area contributed by atoms with Crippen LogP contribution in [0.25, 0.3) is 0 Å². The molecule has 0 unspecified atom stereocenters. The Morgan fingerprint density at radius 2 is 0.969 bits per heavy atom. The molecule has 0 atom stereocenters.